The zero-order valence-electron chi connectivity index (χ0n) is 10.1. The Kier molecular flexibility index (Phi) is 5.72. The Bertz CT molecular complexity index is 310. The third kappa shape index (κ3) is 4.53. The highest BCUT2D eigenvalue weighted by Crippen LogP contribution is 2.16. The Morgan fingerprint density at radius 2 is 1.88 bits per heavy atom. The van der Waals surface area contributed by atoms with Crippen LogP contribution >= 0.6 is 0 Å². The Morgan fingerprint density at radius 1 is 1.12 bits per heavy atom. The molecule has 1 aromatic carbocycles. The number of nitrogen functional groups attached to an aromatic ring is 1. The van der Waals surface area contributed by atoms with Gasteiger partial charge in [-0.25, -0.2) is 0 Å². The van der Waals surface area contributed by atoms with E-state index in [4.69, 9.17) is 11.5 Å². The minimum Gasteiger partial charge on any atom is -0.399 e. The molecule has 1 aromatic rings. The first kappa shape index (κ1) is 12.8. The molecule has 0 spiro atoms. The first-order chi connectivity index (χ1) is 7.74. The molecule has 16 heavy (non-hydrogen) atoms. The largest absolute Gasteiger partial charge is 0.399 e. The second-order valence-electron chi connectivity index (χ2n) is 4.20. The van der Waals surface area contributed by atoms with Gasteiger partial charge in [0.25, 0.3) is 0 Å². The standard InChI is InChI=1S/C13H23N3/c1-11-10-12(6-7-13(11)15)16-9-5-3-2-4-8-14/h6-7,10,16H,2-5,8-9,14-15H2,1H3. The van der Waals surface area contributed by atoms with Crippen molar-refractivity contribution in [2.45, 2.75) is 32.6 Å². The van der Waals surface area contributed by atoms with E-state index in [0.29, 0.717) is 0 Å². The molecule has 3 heteroatoms. The molecule has 0 fully saturated rings. The van der Waals surface area contributed by atoms with Gasteiger partial charge >= 0.3 is 0 Å². The van der Waals surface area contributed by atoms with E-state index in [2.05, 4.69) is 11.4 Å². The van der Waals surface area contributed by atoms with Crippen molar-refractivity contribution in [1.29, 1.82) is 0 Å². The number of hydrogen-bond acceptors (Lipinski definition) is 3. The van der Waals surface area contributed by atoms with Gasteiger partial charge in [-0.15, -0.1) is 0 Å². The molecule has 0 bridgehead atoms. The van der Waals surface area contributed by atoms with Crippen molar-refractivity contribution in [3.63, 3.8) is 0 Å². The van der Waals surface area contributed by atoms with E-state index in [1.165, 1.54) is 19.3 Å². The number of rotatable bonds is 7. The van der Waals surface area contributed by atoms with Crippen molar-refractivity contribution in [3.05, 3.63) is 23.8 Å². The average Bonchev–Trinajstić information content (AvgIpc) is 2.28. The first-order valence-electron chi connectivity index (χ1n) is 6.04. The molecule has 3 nitrogen and oxygen atoms in total. The van der Waals surface area contributed by atoms with E-state index in [0.717, 1.165) is 36.4 Å². The van der Waals surface area contributed by atoms with Gasteiger partial charge in [0, 0.05) is 17.9 Å². The Labute approximate surface area is 98.2 Å². The predicted molar refractivity (Wildman–Crippen MR) is 71.6 cm³/mol. The summed E-state index contributed by atoms with van der Waals surface area (Å²) in [6, 6.07) is 6.07. The normalized spacial score (nSPS) is 10.4. The first-order valence-corrected chi connectivity index (χ1v) is 6.04. The summed E-state index contributed by atoms with van der Waals surface area (Å²) in [7, 11) is 0. The summed E-state index contributed by atoms with van der Waals surface area (Å²) in [4.78, 5) is 0. The quantitative estimate of drug-likeness (QED) is 0.489. The molecule has 0 saturated heterocycles. The summed E-state index contributed by atoms with van der Waals surface area (Å²) in [5.74, 6) is 0. The fourth-order valence-electron chi connectivity index (χ4n) is 1.64. The summed E-state index contributed by atoms with van der Waals surface area (Å²) in [6.45, 7) is 3.86. The molecule has 5 N–H and O–H groups in total. The van der Waals surface area contributed by atoms with Gasteiger partial charge in [0.15, 0.2) is 0 Å². The molecule has 0 amide bonds. The van der Waals surface area contributed by atoms with E-state index in [1.807, 2.05) is 19.1 Å². The molecule has 0 atom stereocenters. The van der Waals surface area contributed by atoms with Crippen LogP contribution in [0.15, 0.2) is 18.2 Å². The summed E-state index contributed by atoms with van der Waals surface area (Å²) in [6.07, 6.45) is 4.82. The Hall–Kier alpha value is -1.22. The molecule has 1 rings (SSSR count). The van der Waals surface area contributed by atoms with Crippen molar-refractivity contribution >= 4 is 11.4 Å². The smallest absolute Gasteiger partial charge is 0.0345 e. The van der Waals surface area contributed by atoms with Crippen LogP contribution in [0.4, 0.5) is 11.4 Å². The summed E-state index contributed by atoms with van der Waals surface area (Å²) < 4.78 is 0. The van der Waals surface area contributed by atoms with E-state index in [-0.39, 0.29) is 0 Å². The number of unbranched alkanes of at least 4 members (excludes halogenated alkanes) is 3. The van der Waals surface area contributed by atoms with Crippen LogP contribution in [-0.2, 0) is 0 Å². The van der Waals surface area contributed by atoms with E-state index in [9.17, 15) is 0 Å². The molecule has 0 radical (unpaired) electrons. The van der Waals surface area contributed by atoms with Gasteiger partial charge in [-0.3, -0.25) is 0 Å². The van der Waals surface area contributed by atoms with Crippen molar-refractivity contribution in [1.82, 2.24) is 0 Å². The zero-order chi connectivity index (χ0) is 11.8. The van der Waals surface area contributed by atoms with Crippen LogP contribution in [0.25, 0.3) is 0 Å². The molecule has 0 aromatic heterocycles. The minimum atomic E-state index is 0.810. The van der Waals surface area contributed by atoms with Crippen LogP contribution in [-0.4, -0.2) is 13.1 Å². The highest BCUT2D eigenvalue weighted by molar-refractivity contribution is 5.56. The van der Waals surface area contributed by atoms with Crippen LogP contribution in [0, 0.1) is 6.92 Å². The lowest BCUT2D eigenvalue weighted by atomic mass is 10.1. The maximum absolute atomic E-state index is 5.76. The van der Waals surface area contributed by atoms with Gasteiger partial charge in [-0.05, 0) is 50.1 Å². The summed E-state index contributed by atoms with van der Waals surface area (Å²) in [5, 5.41) is 3.40. The number of anilines is 2. The topological polar surface area (TPSA) is 64.1 Å². The third-order valence-corrected chi connectivity index (χ3v) is 2.73. The van der Waals surface area contributed by atoms with Crippen LogP contribution < -0.4 is 16.8 Å². The summed E-state index contributed by atoms with van der Waals surface area (Å²) in [5.41, 5.74) is 14.3. The van der Waals surface area contributed by atoms with E-state index in [1.54, 1.807) is 0 Å². The number of nitrogens with one attached hydrogen (secondary N) is 1. The predicted octanol–water partition coefficient (Wildman–Crippen LogP) is 2.51. The van der Waals surface area contributed by atoms with Gasteiger partial charge in [0.05, 0.1) is 0 Å². The van der Waals surface area contributed by atoms with Gasteiger partial charge in [0.2, 0.25) is 0 Å². The second kappa shape index (κ2) is 7.12. The molecule has 0 aliphatic rings. The SMILES string of the molecule is Cc1cc(NCCCCCCN)ccc1N. The Morgan fingerprint density at radius 3 is 2.56 bits per heavy atom. The molecule has 0 heterocycles. The Balaban J connectivity index is 2.19. The highest BCUT2D eigenvalue weighted by atomic mass is 14.9. The maximum Gasteiger partial charge on any atom is 0.0345 e. The van der Waals surface area contributed by atoms with Crippen molar-refractivity contribution in [2.75, 3.05) is 24.1 Å². The van der Waals surface area contributed by atoms with Crippen LogP contribution in [0.5, 0.6) is 0 Å². The second-order valence-corrected chi connectivity index (χ2v) is 4.20. The van der Waals surface area contributed by atoms with Crippen molar-refractivity contribution in [3.8, 4) is 0 Å². The van der Waals surface area contributed by atoms with E-state index >= 15 is 0 Å². The van der Waals surface area contributed by atoms with Crippen LogP contribution in [0.1, 0.15) is 31.2 Å². The lowest BCUT2D eigenvalue weighted by Crippen LogP contribution is -2.03. The zero-order valence-corrected chi connectivity index (χ0v) is 10.1. The maximum atomic E-state index is 5.76. The fourth-order valence-corrected chi connectivity index (χ4v) is 1.64. The lowest BCUT2D eigenvalue weighted by Gasteiger charge is -2.08. The molecule has 0 unspecified atom stereocenters. The van der Waals surface area contributed by atoms with Crippen LogP contribution in [0.2, 0.25) is 0 Å². The third-order valence-electron chi connectivity index (χ3n) is 2.73. The molecule has 0 aliphatic heterocycles. The van der Waals surface area contributed by atoms with Crippen molar-refractivity contribution < 1.29 is 0 Å². The fraction of sp³-hybridized carbons (Fsp3) is 0.538. The van der Waals surface area contributed by atoms with Gasteiger partial charge in [0.1, 0.15) is 0 Å². The highest BCUT2D eigenvalue weighted by Gasteiger charge is 1.96. The van der Waals surface area contributed by atoms with Gasteiger partial charge in [-0.1, -0.05) is 12.8 Å². The summed E-state index contributed by atoms with van der Waals surface area (Å²) >= 11 is 0. The monoisotopic (exact) mass is 221 g/mol. The average molecular weight is 221 g/mol. The lowest BCUT2D eigenvalue weighted by molar-refractivity contribution is 0.661. The molecule has 0 saturated carbocycles. The minimum absolute atomic E-state index is 0.810. The number of hydrogen-bond donors (Lipinski definition) is 3. The van der Waals surface area contributed by atoms with Gasteiger partial charge in [-0.2, -0.15) is 0 Å². The molecule has 90 valence electrons. The number of benzene rings is 1. The molecular formula is C13H23N3. The van der Waals surface area contributed by atoms with Gasteiger partial charge < -0.3 is 16.8 Å². The molecular weight excluding hydrogens is 198 g/mol. The van der Waals surface area contributed by atoms with E-state index < -0.39 is 0 Å². The number of nitrogens with two attached hydrogens (primary N) is 2. The number of aryl methyl sites for hydroxylation is 1. The van der Waals surface area contributed by atoms with Crippen LogP contribution in [0.3, 0.4) is 0 Å². The van der Waals surface area contributed by atoms with Crippen molar-refractivity contribution in [2.24, 2.45) is 5.73 Å². The molecule has 0 aliphatic carbocycles.